The lowest BCUT2D eigenvalue weighted by Crippen LogP contribution is -2.33. The number of aliphatic hydroxyl groups excluding tert-OH is 1. The van der Waals surface area contributed by atoms with Crippen molar-refractivity contribution in [2.24, 2.45) is 0 Å². The number of ether oxygens (including phenoxy) is 2. The highest BCUT2D eigenvalue weighted by Gasteiger charge is 2.40. The molecule has 1 aromatic heterocycles. The maximum Gasteiger partial charge on any atom is 0.412 e. The van der Waals surface area contributed by atoms with E-state index in [-0.39, 0.29) is 23.6 Å². The second-order valence-electron chi connectivity index (χ2n) is 11.2. The third kappa shape index (κ3) is 6.57. The number of hydrogen-bond acceptors (Lipinski definition) is 5. The Morgan fingerprint density at radius 2 is 1.88 bits per heavy atom. The smallest absolute Gasteiger partial charge is 0.412 e. The van der Waals surface area contributed by atoms with E-state index in [9.17, 15) is 23.5 Å². The van der Waals surface area contributed by atoms with E-state index in [2.05, 4.69) is 10.3 Å². The lowest BCUT2D eigenvalue weighted by molar-refractivity contribution is -0.473. The van der Waals surface area contributed by atoms with Gasteiger partial charge in [-0.2, -0.15) is 4.58 Å². The van der Waals surface area contributed by atoms with Gasteiger partial charge in [-0.25, -0.2) is 18.4 Å². The number of carbonyl (C=O) groups excluding carboxylic acids is 2. The Hall–Kier alpha value is -4.25. The van der Waals surface area contributed by atoms with Gasteiger partial charge in [0.15, 0.2) is 24.4 Å². The van der Waals surface area contributed by atoms with Gasteiger partial charge in [-0.1, -0.05) is 0 Å². The number of H-pyrrole nitrogens is 1. The van der Waals surface area contributed by atoms with Crippen LogP contribution in [0.15, 0.2) is 42.6 Å². The predicted molar refractivity (Wildman–Crippen MR) is 151 cm³/mol. The normalized spacial score (nSPS) is 15.8. The quantitative estimate of drug-likeness (QED) is 0.216. The lowest BCUT2D eigenvalue weighted by Gasteiger charge is -2.21. The van der Waals surface area contributed by atoms with Crippen molar-refractivity contribution in [2.75, 3.05) is 33.7 Å². The minimum absolute atomic E-state index is 0.0496. The summed E-state index contributed by atoms with van der Waals surface area (Å²) in [5, 5.41) is 14.6. The number of aromatic nitrogens is 1. The molecule has 1 amide bonds. The second kappa shape index (κ2) is 11.7. The molecule has 2 heterocycles. The van der Waals surface area contributed by atoms with Gasteiger partial charge in [0.25, 0.3) is 0 Å². The molecule has 0 aliphatic carbocycles. The van der Waals surface area contributed by atoms with E-state index >= 15 is 0 Å². The number of rotatable bonds is 7. The fourth-order valence-electron chi connectivity index (χ4n) is 4.81. The minimum Gasteiger partial charge on any atom is -0.459 e. The minimum atomic E-state index is -1.10. The molecule has 0 unspecified atom stereocenters. The number of halogens is 2. The fourth-order valence-corrected chi connectivity index (χ4v) is 4.81. The van der Waals surface area contributed by atoms with Crippen LogP contribution in [-0.2, 0) is 14.9 Å². The van der Waals surface area contributed by atoms with Crippen molar-refractivity contribution < 1.29 is 37.5 Å². The Bertz CT molecular complexity index is 1560. The number of nitrogens with one attached hydrogen (secondary N) is 2. The summed E-state index contributed by atoms with van der Waals surface area (Å²) >= 11 is 0. The topological polar surface area (TPSA) is 107 Å². The number of hydrogen-bond donors (Lipinski definition) is 3. The number of fused-ring (bicyclic) bond motifs is 3. The summed E-state index contributed by atoms with van der Waals surface area (Å²) in [7, 11) is 3.80. The molecule has 11 heteroatoms. The Morgan fingerprint density at radius 1 is 1.15 bits per heavy atom. The molecule has 0 atom stereocenters. The Labute approximate surface area is 237 Å². The monoisotopic (exact) mass is 569 g/mol. The molecule has 4 rings (SSSR count). The zero-order chi connectivity index (χ0) is 30.1. The van der Waals surface area contributed by atoms with Crippen molar-refractivity contribution in [1.29, 1.82) is 0 Å². The first kappa shape index (κ1) is 29.7. The molecule has 41 heavy (non-hydrogen) atoms. The molecule has 3 aromatic rings. The number of benzene rings is 2. The summed E-state index contributed by atoms with van der Waals surface area (Å²) in [6.07, 6.45) is 0.440. The highest BCUT2D eigenvalue weighted by molar-refractivity contribution is 6.17. The maximum atomic E-state index is 14.0. The first-order valence-corrected chi connectivity index (χ1v) is 13.2. The average Bonchev–Trinajstić information content (AvgIpc) is 3.21. The number of nitrogens with zero attached hydrogens (tertiary/aromatic N) is 2. The molecule has 0 spiro atoms. The van der Waals surface area contributed by atoms with E-state index in [4.69, 9.17) is 9.47 Å². The SMILES string of the molecule is CC(C)OC(=O)C1=C[N+](=C(O)c2ccc(F)c(F)c2)CC(C)(C)c2c1[nH]c1cc(OC(=O)NCCN(C)C)ccc21. The van der Waals surface area contributed by atoms with Gasteiger partial charge >= 0.3 is 18.0 Å². The van der Waals surface area contributed by atoms with Gasteiger partial charge in [-0.3, -0.25) is 0 Å². The van der Waals surface area contributed by atoms with Crippen LogP contribution in [0.1, 0.15) is 44.5 Å². The van der Waals surface area contributed by atoms with Crippen LogP contribution in [0.4, 0.5) is 13.6 Å². The molecule has 1 aliphatic rings. The van der Waals surface area contributed by atoms with Gasteiger partial charge in [0, 0.05) is 30.1 Å². The number of esters is 1. The largest absolute Gasteiger partial charge is 0.459 e. The van der Waals surface area contributed by atoms with Gasteiger partial charge in [-0.15, -0.1) is 0 Å². The first-order valence-electron chi connectivity index (χ1n) is 13.2. The van der Waals surface area contributed by atoms with Crippen LogP contribution >= 0.6 is 0 Å². The zero-order valence-corrected chi connectivity index (χ0v) is 24.0. The molecular formula is C30H35F2N4O5+. The molecule has 0 fully saturated rings. The summed E-state index contributed by atoms with van der Waals surface area (Å²) in [5.74, 6) is -2.81. The zero-order valence-electron chi connectivity index (χ0n) is 24.0. The molecule has 0 bridgehead atoms. The van der Waals surface area contributed by atoms with E-state index < -0.39 is 35.2 Å². The maximum absolute atomic E-state index is 14.0. The van der Waals surface area contributed by atoms with E-state index in [1.54, 1.807) is 32.0 Å². The van der Waals surface area contributed by atoms with Gasteiger partial charge in [-0.05, 0) is 77.7 Å². The lowest BCUT2D eigenvalue weighted by atomic mass is 9.82. The number of carbonyl (C=O) groups is 2. The van der Waals surface area contributed by atoms with Crippen molar-refractivity contribution in [3.8, 4) is 5.75 Å². The number of likely N-dealkylation sites (N-methyl/N-ethyl adjacent to an activating group) is 1. The van der Waals surface area contributed by atoms with Gasteiger partial charge < -0.3 is 29.8 Å². The van der Waals surface area contributed by atoms with Crippen molar-refractivity contribution in [2.45, 2.75) is 39.2 Å². The summed E-state index contributed by atoms with van der Waals surface area (Å²) < 4.78 is 40.0. The van der Waals surface area contributed by atoms with Crippen molar-refractivity contribution in [1.82, 2.24) is 15.2 Å². The standard InChI is InChI=1S/C30H34F2N4O5/c1-17(2)40-28(38)21-15-36(27(37)18-7-10-22(31)23(32)13-18)16-30(3,4)25-20-9-8-19(14-24(20)34-26(21)25)41-29(39)33-11-12-35(5)6/h7-10,13-15,17,34H,11-12,16H2,1-6H3,(H,33,39)/p+1. The molecule has 9 nitrogen and oxygen atoms in total. The van der Waals surface area contributed by atoms with Crippen LogP contribution in [0.3, 0.4) is 0 Å². The molecule has 2 aromatic carbocycles. The van der Waals surface area contributed by atoms with Crippen molar-refractivity contribution in [3.05, 3.63) is 71.1 Å². The highest BCUT2D eigenvalue weighted by Crippen LogP contribution is 2.40. The summed E-state index contributed by atoms with van der Waals surface area (Å²) in [6, 6.07) is 8.24. The van der Waals surface area contributed by atoms with E-state index in [1.165, 1.54) is 16.8 Å². The summed E-state index contributed by atoms with van der Waals surface area (Å²) in [5.41, 5.74) is 1.39. The molecule has 0 saturated heterocycles. The van der Waals surface area contributed by atoms with Crippen molar-refractivity contribution in [3.63, 3.8) is 0 Å². The van der Waals surface area contributed by atoms with Gasteiger partial charge in [0.05, 0.1) is 22.8 Å². The molecule has 3 N–H and O–H groups in total. The summed E-state index contributed by atoms with van der Waals surface area (Å²) in [4.78, 5) is 30.8. The van der Waals surface area contributed by atoms with Gasteiger partial charge in [0.2, 0.25) is 0 Å². The summed E-state index contributed by atoms with van der Waals surface area (Å²) in [6.45, 7) is 8.60. The van der Waals surface area contributed by atoms with E-state index in [0.717, 1.165) is 23.1 Å². The Balaban J connectivity index is 1.81. The third-order valence-electron chi connectivity index (χ3n) is 6.62. The predicted octanol–water partition coefficient (Wildman–Crippen LogP) is 4.70. The molecule has 0 saturated carbocycles. The van der Waals surface area contributed by atoms with Crippen LogP contribution in [0.5, 0.6) is 5.75 Å². The molecule has 1 aliphatic heterocycles. The van der Waals surface area contributed by atoms with Crippen LogP contribution in [-0.4, -0.2) is 77.4 Å². The fraction of sp³-hybridized carbons (Fsp3) is 0.367. The highest BCUT2D eigenvalue weighted by atomic mass is 19.2. The van der Waals surface area contributed by atoms with Gasteiger partial charge in [0.1, 0.15) is 11.3 Å². The first-order chi connectivity index (χ1) is 19.3. The number of aromatic amines is 1. The number of aliphatic hydroxyl groups is 1. The third-order valence-corrected chi connectivity index (χ3v) is 6.62. The molecule has 218 valence electrons. The Morgan fingerprint density at radius 3 is 2.54 bits per heavy atom. The van der Waals surface area contributed by atoms with E-state index in [1.807, 2.05) is 32.8 Å². The van der Waals surface area contributed by atoms with Crippen molar-refractivity contribution >= 4 is 34.4 Å². The number of amides is 1. The van der Waals surface area contributed by atoms with Crippen LogP contribution in [0, 0.1) is 11.6 Å². The van der Waals surface area contributed by atoms with Crippen LogP contribution < -0.4 is 10.1 Å². The average molecular weight is 570 g/mol. The van der Waals surface area contributed by atoms with E-state index in [0.29, 0.717) is 30.0 Å². The molecule has 0 radical (unpaired) electrons. The second-order valence-corrected chi connectivity index (χ2v) is 11.2. The molecular weight excluding hydrogens is 534 g/mol. The van der Waals surface area contributed by atoms with Crippen LogP contribution in [0.2, 0.25) is 0 Å². The Kier molecular flexibility index (Phi) is 8.48. The van der Waals surface area contributed by atoms with Crippen LogP contribution in [0.25, 0.3) is 16.5 Å².